The maximum absolute atomic E-state index is 5.90. The Balaban J connectivity index is 2.21. The van der Waals surface area contributed by atoms with Crippen LogP contribution in [0.1, 0.15) is 25.5 Å². The second-order valence-corrected chi connectivity index (χ2v) is 3.97. The molecule has 1 fully saturated rings. The van der Waals surface area contributed by atoms with E-state index in [9.17, 15) is 0 Å². The van der Waals surface area contributed by atoms with E-state index in [-0.39, 0.29) is 12.3 Å². The lowest BCUT2D eigenvalue weighted by atomic mass is 10.0. The van der Waals surface area contributed by atoms with Gasteiger partial charge in [0.1, 0.15) is 6.23 Å². The third-order valence-corrected chi connectivity index (χ3v) is 3.13. The summed E-state index contributed by atoms with van der Waals surface area (Å²) < 4.78 is 5.90. The predicted molar refractivity (Wildman–Crippen MR) is 57.0 cm³/mol. The smallest absolute Gasteiger partial charge is 0.108 e. The van der Waals surface area contributed by atoms with Gasteiger partial charge in [-0.1, -0.05) is 30.3 Å². The highest BCUT2D eigenvalue weighted by Crippen LogP contribution is 2.32. The molecular formula is C12H17NO. The second-order valence-electron chi connectivity index (χ2n) is 3.97. The van der Waals surface area contributed by atoms with Gasteiger partial charge in [0, 0.05) is 6.04 Å². The highest BCUT2D eigenvalue weighted by atomic mass is 16.5. The number of hydrogen-bond acceptors (Lipinski definition) is 2. The van der Waals surface area contributed by atoms with Crippen molar-refractivity contribution in [3.63, 3.8) is 0 Å². The summed E-state index contributed by atoms with van der Waals surface area (Å²) >= 11 is 0. The molecule has 2 heteroatoms. The summed E-state index contributed by atoms with van der Waals surface area (Å²) in [6.45, 7) is 4.31. The van der Waals surface area contributed by atoms with Crippen molar-refractivity contribution in [1.82, 2.24) is 4.90 Å². The van der Waals surface area contributed by atoms with Crippen molar-refractivity contribution in [2.45, 2.75) is 32.2 Å². The maximum atomic E-state index is 5.90. The van der Waals surface area contributed by atoms with Crippen LogP contribution in [0.15, 0.2) is 30.3 Å². The molecule has 76 valence electrons. The molecule has 1 saturated heterocycles. The van der Waals surface area contributed by atoms with Crippen LogP contribution in [0.2, 0.25) is 0 Å². The van der Waals surface area contributed by atoms with E-state index < -0.39 is 0 Å². The van der Waals surface area contributed by atoms with E-state index in [2.05, 4.69) is 50.1 Å². The Kier molecular flexibility index (Phi) is 2.57. The first-order valence-corrected chi connectivity index (χ1v) is 5.12. The van der Waals surface area contributed by atoms with Crippen molar-refractivity contribution in [2.75, 3.05) is 7.05 Å². The lowest BCUT2D eigenvalue weighted by Gasteiger charge is -2.18. The van der Waals surface area contributed by atoms with Gasteiger partial charge in [0.2, 0.25) is 0 Å². The largest absolute Gasteiger partial charge is 0.354 e. The molecule has 0 aromatic heterocycles. The van der Waals surface area contributed by atoms with Crippen molar-refractivity contribution < 1.29 is 4.74 Å². The third-order valence-electron chi connectivity index (χ3n) is 3.13. The number of likely N-dealkylation sites (N-methyl/N-ethyl adjacent to an activating group) is 1. The van der Waals surface area contributed by atoms with Gasteiger partial charge in [-0.25, -0.2) is 0 Å². The zero-order valence-electron chi connectivity index (χ0n) is 8.97. The van der Waals surface area contributed by atoms with Crippen LogP contribution in [0.3, 0.4) is 0 Å². The van der Waals surface area contributed by atoms with E-state index in [0.717, 1.165) is 0 Å². The molecule has 14 heavy (non-hydrogen) atoms. The normalized spacial score (nSPS) is 33.5. The molecule has 0 radical (unpaired) electrons. The molecule has 0 saturated carbocycles. The van der Waals surface area contributed by atoms with Gasteiger partial charge in [-0.15, -0.1) is 0 Å². The topological polar surface area (TPSA) is 12.5 Å². The molecule has 1 heterocycles. The second kappa shape index (κ2) is 3.71. The summed E-state index contributed by atoms with van der Waals surface area (Å²) in [6, 6.07) is 10.9. The van der Waals surface area contributed by atoms with E-state index in [1.165, 1.54) is 5.56 Å². The van der Waals surface area contributed by atoms with E-state index in [1.807, 2.05) is 6.07 Å². The summed E-state index contributed by atoms with van der Waals surface area (Å²) in [4.78, 5) is 2.26. The Morgan fingerprint density at radius 1 is 1.14 bits per heavy atom. The molecule has 2 rings (SSSR count). The van der Waals surface area contributed by atoms with Gasteiger partial charge in [0.15, 0.2) is 0 Å². The Hall–Kier alpha value is -0.860. The average Bonchev–Trinajstić information content (AvgIpc) is 2.47. The Bertz CT molecular complexity index is 298. The van der Waals surface area contributed by atoms with E-state index in [1.54, 1.807) is 0 Å². The lowest BCUT2D eigenvalue weighted by molar-refractivity contribution is 0.0208. The Labute approximate surface area is 85.5 Å². The van der Waals surface area contributed by atoms with E-state index in [0.29, 0.717) is 6.04 Å². The van der Waals surface area contributed by atoms with Gasteiger partial charge in [0.05, 0.1) is 6.10 Å². The molecule has 1 aromatic carbocycles. The molecule has 0 aliphatic carbocycles. The van der Waals surface area contributed by atoms with Gasteiger partial charge < -0.3 is 4.74 Å². The van der Waals surface area contributed by atoms with Gasteiger partial charge in [0.25, 0.3) is 0 Å². The molecule has 0 amide bonds. The fourth-order valence-electron chi connectivity index (χ4n) is 1.97. The van der Waals surface area contributed by atoms with E-state index in [4.69, 9.17) is 4.74 Å². The minimum Gasteiger partial charge on any atom is -0.354 e. The van der Waals surface area contributed by atoms with Gasteiger partial charge in [-0.3, -0.25) is 4.90 Å². The first kappa shape index (κ1) is 9.69. The third kappa shape index (κ3) is 1.56. The van der Waals surface area contributed by atoms with Crippen molar-refractivity contribution in [3.05, 3.63) is 35.9 Å². The van der Waals surface area contributed by atoms with Crippen LogP contribution in [0.5, 0.6) is 0 Å². The van der Waals surface area contributed by atoms with Gasteiger partial charge in [-0.05, 0) is 26.5 Å². The molecule has 0 N–H and O–H groups in total. The summed E-state index contributed by atoms with van der Waals surface area (Å²) in [5.41, 5.74) is 1.27. The molecule has 2 nitrogen and oxygen atoms in total. The van der Waals surface area contributed by atoms with Crippen LogP contribution in [0.25, 0.3) is 0 Å². The summed E-state index contributed by atoms with van der Waals surface area (Å²) in [5, 5.41) is 0. The molecule has 3 atom stereocenters. The first-order chi connectivity index (χ1) is 6.70. The molecular weight excluding hydrogens is 174 g/mol. The van der Waals surface area contributed by atoms with Crippen LogP contribution >= 0.6 is 0 Å². The molecule has 1 aromatic rings. The fourth-order valence-corrected chi connectivity index (χ4v) is 1.97. The molecule has 0 spiro atoms. The van der Waals surface area contributed by atoms with Gasteiger partial charge in [-0.2, -0.15) is 0 Å². The maximum Gasteiger partial charge on any atom is 0.108 e. The predicted octanol–water partition coefficient (Wildman–Crippen LogP) is 2.42. The summed E-state index contributed by atoms with van der Waals surface area (Å²) in [7, 11) is 2.11. The zero-order valence-corrected chi connectivity index (χ0v) is 8.97. The van der Waals surface area contributed by atoms with Crippen LogP contribution in [-0.2, 0) is 4.74 Å². The van der Waals surface area contributed by atoms with Gasteiger partial charge >= 0.3 is 0 Å². The van der Waals surface area contributed by atoms with Crippen LogP contribution < -0.4 is 0 Å². The number of ether oxygens (including phenoxy) is 1. The summed E-state index contributed by atoms with van der Waals surface area (Å²) in [6.07, 6.45) is 0.436. The minimum absolute atomic E-state index is 0.218. The SMILES string of the molecule is C[C@H]1O[C@H](c2ccccc2)[C@H](C)N1C. The lowest BCUT2D eigenvalue weighted by Crippen LogP contribution is -2.29. The molecule has 1 aliphatic heterocycles. The number of benzene rings is 1. The van der Waals surface area contributed by atoms with Crippen LogP contribution in [0, 0.1) is 0 Å². The Morgan fingerprint density at radius 3 is 2.29 bits per heavy atom. The summed E-state index contributed by atoms with van der Waals surface area (Å²) in [5.74, 6) is 0. The number of rotatable bonds is 1. The average molecular weight is 191 g/mol. The van der Waals surface area contributed by atoms with Crippen molar-refractivity contribution >= 4 is 0 Å². The highest BCUT2D eigenvalue weighted by molar-refractivity contribution is 5.20. The van der Waals surface area contributed by atoms with Crippen molar-refractivity contribution in [3.8, 4) is 0 Å². The molecule has 0 unspecified atom stereocenters. The van der Waals surface area contributed by atoms with Crippen molar-refractivity contribution in [2.24, 2.45) is 0 Å². The highest BCUT2D eigenvalue weighted by Gasteiger charge is 2.34. The number of hydrogen-bond donors (Lipinski definition) is 0. The molecule has 1 aliphatic rings. The minimum atomic E-state index is 0.218. The fraction of sp³-hybridized carbons (Fsp3) is 0.500. The Morgan fingerprint density at radius 2 is 1.79 bits per heavy atom. The standard InChI is InChI=1S/C12H17NO/c1-9-12(14-10(2)13(9)3)11-7-5-4-6-8-11/h4-10,12H,1-3H3/t9-,10+,12-/m0/s1. The van der Waals surface area contributed by atoms with Crippen molar-refractivity contribution in [1.29, 1.82) is 0 Å². The van der Waals surface area contributed by atoms with E-state index >= 15 is 0 Å². The van der Waals surface area contributed by atoms with Crippen LogP contribution in [0.4, 0.5) is 0 Å². The molecule has 0 bridgehead atoms. The monoisotopic (exact) mass is 191 g/mol. The quantitative estimate of drug-likeness (QED) is 0.676. The van der Waals surface area contributed by atoms with Crippen LogP contribution in [-0.4, -0.2) is 24.2 Å². The number of nitrogens with zero attached hydrogens (tertiary/aromatic N) is 1. The first-order valence-electron chi connectivity index (χ1n) is 5.12. The zero-order chi connectivity index (χ0) is 10.1.